The molecule has 5 heteroatoms. The van der Waals surface area contributed by atoms with Gasteiger partial charge in [-0.05, 0) is 43.4 Å². The van der Waals surface area contributed by atoms with E-state index in [9.17, 15) is 4.79 Å². The Hall–Kier alpha value is -2.56. The molecule has 0 radical (unpaired) electrons. The standard InChI is InChI=1S/C16H15N3O2/c1-10-8-18-19-15(10)17-9-14(16(19)20)21-13-4-2-3-12(7-13)11-5-6-11/h2-4,7-9,11,18H,5-6H2,1H3. The summed E-state index contributed by atoms with van der Waals surface area (Å²) in [6, 6.07) is 7.94. The van der Waals surface area contributed by atoms with Crippen molar-refractivity contribution in [3.63, 3.8) is 0 Å². The molecule has 21 heavy (non-hydrogen) atoms. The number of H-pyrrole nitrogens is 1. The van der Waals surface area contributed by atoms with Crippen molar-refractivity contribution >= 4 is 5.65 Å². The van der Waals surface area contributed by atoms with E-state index < -0.39 is 0 Å². The molecule has 106 valence electrons. The van der Waals surface area contributed by atoms with Gasteiger partial charge in [0.1, 0.15) is 5.75 Å². The molecule has 0 spiro atoms. The lowest BCUT2D eigenvalue weighted by atomic mass is 10.1. The van der Waals surface area contributed by atoms with E-state index in [2.05, 4.69) is 16.1 Å². The van der Waals surface area contributed by atoms with Crippen molar-refractivity contribution in [2.75, 3.05) is 0 Å². The van der Waals surface area contributed by atoms with Crippen LogP contribution in [0.3, 0.4) is 0 Å². The van der Waals surface area contributed by atoms with Crippen LogP contribution >= 0.6 is 0 Å². The number of hydrogen-bond acceptors (Lipinski definition) is 3. The zero-order valence-corrected chi connectivity index (χ0v) is 11.7. The lowest BCUT2D eigenvalue weighted by Gasteiger charge is -2.06. The Morgan fingerprint density at radius 1 is 1.38 bits per heavy atom. The summed E-state index contributed by atoms with van der Waals surface area (Å²) in [5.74, 6) is 1.56. The van der Waals surface area contributed by atoms with Gasteiger partial charge in [0.2, 0.25) is 5.75 Å². The summed E-state index contributed by atoms with van der Waals surface area (Å²) in [4.78, 5) is 16.6. The van der Waals surface area contributed by atoms with Crippen LogP contribution in [0, 0.1) is 6.92 Å². The molecule has 5 nitrogen and oxygen atoms in total. The second-order valence-corrected chi connectivity index (χ2v) is 5.49. The minimum atomic E-state index is -0.232. The van der Waals surface area contributed by atoms with Gasteiger partial charge in [0.05, 0.1) is 6.20 Å². The molecule has 0 amide bonds. The third kappa shape index (κ3) is 2.11. The van der Waals surface area contributed by atoms with Crippen LogP contribution in [-0.2, 0) is 0 Å². The number of aromatic amines is 1. The Morgan fingerprint density at radius 3 is 3.05 bits per heavy atom. The zero-order valence-electron chi connectivity index (χ0n) is 11.7. The zero-order chi connectivity index (χ0) is 14.4. The minimum Gasteiger partial charge on any atom is -0.450 e. The summed E-state index contributed by atoms with van der Waals surface area (Å²) in [5.41, 5.74) is 2.59. The predicted molar refractivity (Wildman–Crippen MR) is 79.0 cm³/mol. The largest absolute Gasteiger partial charge is 0.450 e. The normalized spacial score (nSPS) is 14.5. The molecule has 0 aliphatic heterocycles. The first kappa shape index (κ1) is 12.2. The van der Waals surface area contributed by atoms with Gasteiger partial charge in [-0.2, -0.15) is 4.52 Å². The van der Waals surface area contributed by atoms with Crippen LogP contribution in [-0.4, -0.2) is 14.6 Å². The molecular weight excluding hydrogens is 266 g/mol. The smallest absolute Gasteiger partial charge is 0.315 e. The lowest BCUT2D eigenvalue weighted by molar-refractivity contribution is 0.468. The number of fused-ring (bicyclic) bond motifs is 1. The second kappa shape index (κ2) is 4.48. The quantitative estimate of drug-likeness (QED) is 0.802. The van der Waals surface area contributed by atoms with Crippen LogP contribution in [0.4, 0.5) is 0 Å². The van der Waals surface area contributed by atoms with Crippen molar-refractivity contribution < 1.29 is 4.74 Å². The van der Waals surface area contributed by atoms with Crippen LogP contribution in [0.1, 0.15) is 29.9 Å². The van der Waals surface area contributed by atoms with E-state index >= 15 is 0 Å². The van der Waals surface area contributed by atoms with Gasteiger partial charge in [-0.3, -0.25) is 9.89 Å². The van der Waals surface area contributed by atoms with Gasteiger partial charge in [0, 0.05) is 11.8 Å². The van der Waals surface area contributed by atoms with Gasteiger partial charge < -0.3 is 4.74 Å². The van der Waals surface area contributed by atoms with Gasteiger partial charge in [-0.25, -0.2) is 4.98 Å². The second-order valence-electron chi connectivity index (χ2n) is 5.49. The molecule has 1 aliphatic carbocycles. The monoisotopic (exact) mass is 281 g/mol. The fraction of sp³-hybridized carbons (Fsp3) is 0.250. The number of aryl methyl sites for hydroxylation is 1. The number of nitrogens with zero attached hydrogens (tertiary/aromatic N) is 2. The highest BCUT2D eigenvalue weighted by molar-refractivity contribution is 5.46. The number of benzene rings is 1. The number of rotatable bonds is 3. The molecule has 4 rings (SSSR count). The van der Waals surface area contributed by atoms with Gasteiger partial charge in [-0.15, -0.1) is 0 Å². The molecule has 1 N–H and O–H groups in total. The first-order chi connectivity index (χ1) is 10.2. The SMILES string of the molecule is Cc1c[nH]n2c(=O)c(Oc3cccc(C4CC4)c3)cnc12. The van der Waals surface area contributed by atoms with Crippen molar-refractivity contribution in [3.05, 3.63) is 58.1 Å². The summed E-state index contributed by atoms with van der Waals surface area (Å²) in [6.45, 7) is 1.90. The van der Waals surface area contributed by atoms with E-state index in [-0.39, 0.29) is 11.3 Å². The summed E-state index contributed by atoms with van der Waals surface area (Å²) in [5, 5.41) is 2.88. The highest BCUT2D eigenvalue weighted by Gasteiger charge is 2.23. The maximum absolute atomic E-state index is 12.3. The average molecular weight is 281 g/mol. The van der Waals surface area contributed by atoms with E-state index in [1.807, 2.05) is 25.1 Å². The maximum atomic E-state index is 12.3. The van der Waals surface area contributed by atoms with Gasteiger partial charge in [0.15, 0.2) is 5.65 Å². The van der Waals surface area contributed by atoms with E-state index in [0.29, 0.717) is 17.3 Å². The Kier molecular flexibility index (Phi) is 2.60. The molecule has 0 bridgehead atoms. The molecule has 2 aromatic heterocycles. The van der Waals surface area contributed by atoms with Crippen molar-refractivity contribution in [1.29, 1.82) is 0 Å². The van der Waals surface area contributed by atoms with Gasteiger partial charge >= 0.3 is 5.56 Å². The number of ether oxygens (including phenoxy) is 1. The number of nitrogens with one attached hydrogen (secondary N) is 1. The van der Waals surface area contributed by atoms with Crippen molar-refractivity contribution in [1.82, 2.24) is 14.6 Å². The molecule has 1 fully saturated rings. The fourth-order valence-electron chi connectivity index (χ4n) is 2.51. The molecule has 0 atom stereocenters. The van der Waals surface area contributed by atoms with E-state index in [1.165, 1.54) is 29.1 Å². The predicted octanol–water partition coefficient (Wildman–Crippen LogP) is 3.00. The molecule has 1 aliphatic rings. The first-order valence-corrected chi connectivity index (χ1v) is 7.06. The summed E-state index contributed by atoms with van der Waals surface area (Å²) >= 11 is 0. The van der Waals surface area contributed by atoms with E-state index in [0.717, 1.165) is 5.56 Å². The van der Waals surface area contributed by atoms with Gasteiger partial charge in [-0.1, -0.05) is 12.1 Å². The van der Waals surface area contributed by atoms with Crippen LogP contribution in [0.5, 0.6) is 11.5 Å². The Labute approximate surface area is 121 Å². The molecule has 2 heterocycles. The van der Waals surface area contributed by atoms with Crippen molar-refractivity contribution in [2.45, 2.75) is 25.7 Å². The summed E-state index contributed by atoms with van der Waals surface area (Å²) in [7, 11) is 0. The van der Waals surface area contributed by atoms with Crippen molar-refractivity contribution in [2.24, 2.45) is 0 Å². The van der Waals surface area contributed by atoms with Crippen molar-refractivity contribution in [3.8, 4) is 11.5 Å². The van der Waals surface area contributed by atoms with Gasteiger partial charge in [0.25, 0.3) is 0 Å². The average Bonchev–Trinajstić information content (AvgIpc) is 3.27. The Morgan fingerprint density at radius 2 is 2.24 bits per heavy atom. The number of aromatic nitrogens is 3. The first-order valence-electron chi connectivity index (χ1n) is 7.06. The lowest BCUT2D eigenvalue weighted by Crippen LogP contribution is -2.16. The third-order valence-corrected chi connectivity index (χ3v) is 3.83. The molecule has 1 aromatic carbocycles. The summed E-state index contributed by atoms with van der Waals surface area (Å²) < 4.78 is 7.13. The van der Waals surface area contributed by atoms with Crippen LogP contribution in [0.15, 0.2) is 41.5 Å². The summed E-state index contributed by atoms with van der Waals surface area (Å²) in [6.07, 6.45) is 5.71. The van der Waals surface area contributed by atoms with Crippen LogP contribution < -0.4 is 10.3 Å². The molecule has 1 saturated carbocycles. The topological polar surface area (TPSA) is 59.4 Å². The van der Waals surface area contributed by atoms with Crippen LogP contribution in [0.2, 0.25) is 0 Å². The fourth-order valence-corrected chi connectivity index (χ4v) is 2.51. The highest BCUT2D eigenvalue weighted by Crippen LogP contribution is 2.41. The van der Waals surface area contributed by atoms with E-state index in [1.54, 1.807) is 6.20 Å². The highest BCUT2D eigenvalue weighted by atomic mass is 16.5. The number of hydrogen-bond donors (Lipinski definition) is 1. The molecular formula is C16H15N3O2. The molecule has 0 unspecified atom stereocenters. The molecule has 3 aromatic rings. The van der Waals surface area contributed by atoms with Crippen LogP contribution in [0.25, 0.3) is 5.65 Å². The minimum absolute atomic E-state index is 0.224. The third-order valence-electron chi connectivity index (χ3n) is 3.83. The van der Waals surface area contributed by atoms with E-state index in [4.69, 9.17) is 4.74 Å². The maximum Gasteiger partial charge on any atom is 0.315 e. The molecule has 0 saturated heterocycles. The Bertz CT molecular complexity index is 875. The Balaban J connectivity index is 1.72.